The van der Waals surface area contributed by atoms with Gasteiger partial charge in [0.05, 0.1) is 18.2 Å². The summed E-state index contributed by atoms with van der Waals surface area (Å²) in [6.07, 6.45) is 4.10. The van der Waals surface area contributed by atoms with E-state index in [1.54, 1.807) is 48.8 Å². The molecule has 3 rings (SSSR count). The molecule has 1 aromatic carbocycles. The zero-order valence-corrected chi connectivity index (χ0v) is 17.5. The van der Waals surface area contributed by atoms with Gasteiger partial charge in [-0.2, -0.15) is 0 Å². The van der Waals surface area contributed by atoms with Crippen LogP contribution >= 0.6 is 0 Å². The van der Waals surface area contributed by atoms with Gasteiger partial charge in [0.2, 0.25) is 0 Å². The molecule has 1 fully saturated rings. The molecule has 7 nitrogen and oxygen atoms in total. The number of Topliss-reactive ketones (excluding diaryl/α,β-unsaturated/α-hetero) is 1. The van der Waals surface area contributed by atoms with Crippen molar-refractivity contribution in [2.75, 3.05) is 33.8 Å². The molecule has 0 aliphatic carbocycles. The highest BCUT2D eigenvalue weighted by Crippen LogP contribution is 2.39. The molecule has 1 saturated heterocycles. The number of carbonyl (C=O) groups excluding carboxylic acids is 2. The van der Waals surface area contributed by atoms with Crippen LogP contribution in [0.3, 0.4) is 0 Å². The Bertz CT molecular complexity index is 940. The smallest absolute Gasteiger partial charge is 0.295 e. The van der Waals surface area contributed by atoms with E-state index >= 15 is 0 Å². The Labute approximate surface area is 176 Å². The fraction of sp³-hybridized carbons (Fsp3) is 0.348. The maximum atomic E-state index is 12.9. The number of ether oxygens (including phenoxy) is 1. The molecule has 1 N–H and O–H groups in total. The number of ketones is 1. The van der Waals surface area contributed by atoms with Crippen LogP contribution in [0, 0.1) is 0 Å². The minimum atomic E-state index is -0.695. The molecule has 30 heavy (non-hydrogen) atoms. The van der Waals surface area contributed by atoms with Crippen LogP contribution in [0.15, 0.2) is 54.4 Å². The number of pyridine rings is 1. The van der Waals surface area contributed by atoms with E-state index in [1.807, 2.05) is 25.9 Å². The number of aliphatic hydroxyl groups excluding tert-OH is 1. The van der Waals surface area contributed by atoms with E-state index in [-0.39, 0.29) is 11.3 Å². The van der Waals surface area contributed by atoms with Crippen LogP contribution in [0.5, 0.6) is 5.75 Å². The molecule has 0 spiro atoms. The molecule has 1 atom stereocenters. The van der Waals surface area contributed by atoms with E-state index in [1.165, 1.54) is 4.90 Å². The average Bonchev–Trinajstić information content (AvgIpc) is 3.01. The van der Waals surface area contributed by atoms with Gasteiger partial charge in [0.25, 0.3) is 11.7 Å². The second-order valence-electron chi connectivity index (χ2n) is 7.46. The van der Waals surface area contributed by atoms with Crippen molar-refractivity contribution in [2.24, 2.45) is 0 Å². The Kier molecular flexibility index (Phi) is 6.84. The second kappa shape index (κ2) is 9.54. The first-order chi connectivity index (χ1) is 14.4. The Balaban J connectivity index is 2.07. The van der Waals surface area contributed by atoms with Gasteiger partial charge in [0, 0.05) is 31.0 Å². The molecule has 1 aliphatic heterocycles. The number of rotatable bonds is 8. The lowest BCUT2D eigenvalue weighted by atomic mass is 9.96. The summed E-state index contributed by atoms with van der Waals surface area (Å²) in [7, 11) is 3.80. The average molecular weight is 409 g/mol. The third-order valence-electron chi connectivity index (χ3n) is 4.91. The van der Waals surface area contributed by atoms with Gasteiger partial charge in [-0.05, 0) is 44.3 Å². The number of likely N-dealkylation sites (tertiary alicyclic amines) is 1. The first-order valence-corrected chi connectivity index (χ1v) is 10.00. The maximum absolute atomic E-state index is 12.9. The highest BCUT2D eigenvalue weighted by molar-refractivity contribution is 6.46. The summed E-state index contributed by atoms with van der Waals surface area (Å²) in [5, 5.41) is 11.1. The summed E-state index contributed by atoms with van der Waals surface area (Å²) in [6, 6.07) is 9.78. The molecular weight excluding hydrogens is 382 g/mol. The lowest BCUT2D eigenvalue weighted by Crippen LogP contribution is -2.35. The minimum absolute atomic E-state index is 0.0689. The maximum Gasteiger partial charge on any atom is 0.295 e. The first-order valence-electron chi connectivity index (χ1n) is 10.00. The van der Waals surface area contributed by atoms with Gasteiger partial charge in [-0.3, -0.25) is 14.6 Å². The second-order valence-corrected chi connectivity index (χ2v) is 7.46. The molecule has 158 valence electrons. The lowest BCUT2D eigenvalue weighted by Gasteiger charge is -2.26. The zero-order chi connectivity index (χ0) is 21.7. The van der Waals surface area contributed by atoms with Crippen LogP contribution in [0.2, 0.25) is 0 Å². The topological polar surface area (TPSA) is 83.0 Å². The summed E-state index contributed by atoms with van der Waals surface area (Å²) in [4.78, 5) is 33.3. The molecule has 1 unspecified atom stereocenters. The molecule has 1 amide bonds. The molecule has 0 radical (unpaired) electrons. The van der Waals surface area contributed by atoms with Crippen LogP contribution in [-0.4, -0.2) is 65.4 Å². The Morgan fingerprint density at radius 3 is 2.70 bits per heavy atom. The summed E-state index contributed by atoms with van der Waals surface area (Å²) in [5.41, 5.74) is 1.18. The van der Waals surface area contributed by atoms with Crippen LogP contribution in [0.1, 0.15) is 30.5 Å². The van der Waals surface area contributed by atoms with Gasteiger partial charge >= 0.3 is 0 Å². The van der Waals surface area contributed by atoms with Crippen molar-refractivity contribution in [3.8, 4) is 5.75 Å². The van der Waals surface area contributed by atoms with Gasteiger partial charge in [-0.15, -0.1) is 0 Å². The molecule has 1 aliphatic rings. The van der Waals surface area contributed by atoms with Crippen molar-refractivity contribution in [1.29, 1.82) is 0 Å². The number of carbonyl (C=O) groups is 2. The number of hydrogen-bond acceptors (Lipinski definition) is 6. The quantitative estimate of drug-likeness (QED) is 0.410. The molecular formula is C23H27N3O4. The van der Waals surface area contributed by atoms with E-state index in [4.69, 9.17) is 4.74 Å². The molecule has 1 aromatic heterocycles. The third-order valence-corrected chi connectivity index (χ3v) is 4.91. The van der Waals surface area contributed by atoms with Gasteiger partial charge in [-0.25, -0.2) is 0 Å². The highest BCUT2D eigenvalue weighted by Gasteiger charge is 2.46. The molecule has 0 saturated carbocycles. The predicted octanol–water partition coefficient (Wildman–Crippen LogP) is 2.85. The predicted molar refractivity (Wildman–Crippen MR) is 114 cm³/mol. The summed E-state index contributed by atoms with van der Waals surface area (Å²) < 4.78 is 5.64. The first kappa shape index (κ1) is 21.5. The van der Waals surface area contributed by atoms with Crippen LogP contribution in [0.25, 0.3) is 5.76 Å². The third kappa shape index (κ3) is 4.52. The summed E-state index contributed by atoms with van der Waals surface area (Å²) in [6.45, 7) is 3.50. The van der Waals surface area contributed by atoms with Gasteiger partial charge in [-0.1, -0.05) is 25.1 Å². The largest absolute Gasteiger partial charge is 0.507 e. The van der Waals surface area contributed by atoms with Crippen molar-refractivity contribution >= 4 is 17.4 Å². The van der Waals surface area contributed by atoms with Crippen LogP contribution < -0.4 is 4.74 Å². The fourth-order valence-electron chi connectivity index (χ4n) is 3.41. The Morgan fingerprint density at radius 2 is 2.03 bits per heavy atom. The van der Waals surface area contributed by atoms with Crippen molar-refractivity contribution in [3.63, 3.8) is 0 Å². The SMILES string of the molecule is CCCOc1cccc(/C(O)=C2/C(=O)C(=O)N(CCN(C)C)C2c2cccnc2)c1. The number of aromatic nitrogens is 1. The van der Waals surface area contributed by atoms with Crippen molar-refractivity contribution in [1.82, 2.24) is 14.8 Å². The molecule has 7 heteroatoms. The van der Waals surface area contributed by atoms with Crippen LogP contribution in [0.4, 0.5) is 0 Å². The summed E-state index contributed by atoms with van der Waals surface area (Å²) in [5.74, 6) is -0.928. The number of hydrogen-bond donors (Lipinski definition) is 1. The van der Waals surface area contributed by atoms with E-state index in [0.717, 1.165) is 6.42 Å². The monoisotopic (exact) mass is 409 g/mol. The van der Waals surface area contributed by atoms with Gasteiger partial charge in [0.15, 0.2) is 0 Å². The fourth-order valence-corrected chi connectivity index (χ4v) is 3.41. The van der Waals surface area contributed by atoms with Gasteiger partial charge < -0.3 is 19.6 Å². The number of benzene rings is 1. The standard InChI is InChI=1S/C23H27N3O4/c1-4-13-30-18-9-5-7-16(14-18)21(27)19-20(17-8-6-10-24-15-17)26(12-11-25(2)3)23(29)22(19)28/h5-10,14-15,20,27H,4,11-13H2,1-3H3/b21-19-. The lowest BCUT2D eigenvalue weighted by molar-refractivity contribution is -0.140. The molecule has 2 heterocycles. The number of nitrogens with zero attached hydrogens (tertiary/aromatic N) is 3. The van der Waals surface area contributed by atoms with E-state index in [9.17, 15) is 14.7 Å². The van der Waals surface area contributed by atoms with E-state index < -0.39 is 17.7 Å². The van der Waals surface area contributed by atoms with Gasteiger partial charge in [0.1, 0.15) is 11.5 Å². The zero-order valence-electron chi connectivity index (χ0n) is 17.5. The van der Waals surface area contributed by atoms with Crippen molar-refractivity contribution < 1.29 is 19.4 Å². The summed E-state index contributed by atoms with van der Waals surface area (Å²) >= 11 is 0. The number of amides is 1. The number of aliphatic hydroxyl groups is 1. The van der Waals surface area contributed by atoms with Crippen LogP contribution in [-0.2, 0) is 9.59 Å². The van der Waals surface area contributed by atoms with Crippen molar-refractivity contribution in [2.45, 2.75) is 19.4 Å². The van der Waals surface area contributed by atoms with E-state index in [0.29, 0.717) is 36.6 Å². The Morgan fingerprint density at radius 1 is 1.23 bits per heavy atom. The normalized spacial score (nSPS) is 18.3. The van der Waals surface area contributed by atoms with Crippen molar-refractivity contribution in [3.05, 3.63) is 65.5 Å². The molecule has 2 aromatic rings. The Hall–Kier alpha value is -3.19. The highest BCUT2D eigenvalue weighted by atomic mass is 16.5. The van der Waals surface area contributed by atoms with E-state index in [2.05, 4.69) is 4.98 Å². The minimum Gasteiger partial charge on any atom is -0.507 e. The number of likely N-dealkylation sites (N-methyl/N-ethyl adjacent to an activating group) is 1. The molecule has 0 bridgehead atoms.